The molecule has 3 rings (SSSR count). The molecule has 0 saturated heterocycles. The minimum Gasteiger partial charge on any atom is -0.493 e. The number of hydrogen-bond acceptors (Lipinski definition) is 2. The van der Waals surface area contributed by atoms with Crippen LogP contribution in [-0.2, 0) is 6.42 Å². The SMILES string of the molecule is Cc1cc(-c2ccc3c(c2)CCO3)ccc1N. The lowest BCUT2D eigenvalue weighted by atomic mass is 10.00. The maximum atomic E-state index is 5.84. The molecule has 1 aliphatic heterocycles. The summed E-state index contributed by atoms with van der Waals surface area (Å²) in [5, 5.41) is 0. The summed E-state index contributed by atoms with van der Waals surface area (Å²) < 4.78 is 5.51. The third kappa shape index (κ3) is 1.76. The van der Waals surface area contributed by atoms with Gasteiger partial charge in [0.15, 0.2) is 0 Å². The molecule has 0 aliphatic carbocycles. The number of fused-ring (bicyclic) bond motifs is 1. The monoisotopic (exact) mass is 225 g/mol. The second kappa shape index (κ2) is 3.81. The van der Waals surface area contributed by atoms with Crippen molar-refractivity contribution in [2.24, 2.45) is 0 Å². The van der Waals surface area contributed by atoms with Gasteiger partial charge >= 0.3 is 0 Å². The van der Waals surface area contributed by atoms with E-state index >= 15 is 0 Å². The first-order valence-electron chi connectivity index (χ1n) is 5.86. The highest BCUT2D eigenvalue weighted by Gasteiger charge is 2.12. The van der Waals surface area contributed by atoms with Gasteiger partial charge in [-0.05, 0) is 53.4 Å². The van der Waals surface area contributed by atoms with Crippen molar-refractivity contribution >= 4 is 5.69 Å². The van der Waals surface area contributed by atoms with Gasteiger partial charge in [-0.1, -0.05) is 12.1 Å². The van der Waals surface area contributed by atoms with Crippen LogP contribution in [-0.4, -0.2) is 6.61 Å². The molecule has 0 spiro atoms. The Kier molecular flexibility index (Phi) is 2.29. The number of nitrogens with two attached hydrogens (primary N) is 1. The van der Waals surface area contributed by atoms with E-state index in [1.54, 1.807) is 0 Å². The molecule has 2 aromatic carbocycles. The Morgan fingerprint density at radius 1 is 1.06 bits per heavy atom. The Morgan fingerprint density at radius 3 is 2.65 bits per heavy atom. The number of benzene rings is 2. The lowest BCUT2D eigenvalue weighted by Gasteiger charge is -2.07. The zero-order chi connectivity index (χ0) is 11.8. The molecule has 0 amide bonds. The highest BCUT2D eigenvalue weighted by Crippen LogP contribution is 2.31. The number of hydrogen-bond donors (Lipinski definition) is 1. The van der Waals surface area contributed by atoms with Crippen molar-refractivity contribution in [3.63, 3.8) is 0 Å². The van der Waals surface area contributed by atoms with Gasteiger partial charge in [0.05, 0.1) is 6.61 Å². The van der Waals surface area contributed by atoms with Crippen molar-refractivity contribution < 1.29 is 4.74 Å². The minimum absolute atomic E-state index is 0.805. The molecule has 0 bridgehead atoms. The first-order valence-corrected chi connectivity index (χ1v) is 5.86. The molecule has 2 nitrogen and oxygen atoms in total. The van der Waals surface area contributed by atoms with Crippen molar-refractivity contribution in [2.45, 2.75) is 13.3 Å². The van der Waals surface area contributed by atoms with Gasteiger partial charge in [0.25, 0.3) is 0 Å². The summed E-state index contributed by atoms with van der Waals surface area (Å²) in [7, 11) is 0. The number of rotatable bonds is 1. The molecule has 0 saturated carbocycles. The lowest BCUT2D eigenvalue weighted by Crippen LogP contribution is -1.89. The smallest absolute Gasteiger partial charge is 0.122 e. The third-order valence-electron chi connectivity index (χ3n) is 3.29. The highest BCUT2D eigenvalue weighted by atomic mass is 16.5. The fourth-order valence-corrected chi connectivity index (χ4v) is 2.22. The van der Waals surface area contributed by atoms with Crippen LogP contribution in [0.1, 0.15) is 11.1 Å². The van der Waals surface area contributed by atoms with E-state index in [0.717, 1.165) is 30.0 Å². The van der Waals surface area contributed by atoms with Gasteiger partial charge in [0.2, 0.25) is 0 Å². The summed E-state index contributed by atoms with van der Waals surface area (Å²) in [5.74, 6) is 1.03. The van der Waals surface area contributed by atoms with E-state index < -0.39 is 0 Å². The molecular formula is C15H15NO. The third-order valence-corrected chi connectivity index (χ3v) is 3.29. The summed E-state index contributed by atoms with van der Waals surface area (Å²) in [4.78, 5) is 0. The Labute approximate surface area is 101 Å². The van der Waals surface area contributed by atoms with Crippen LogP contribution in [0.2, 0.25) is 0 Å². The zero-order valence-electron chi connectivity index (χ0n) is 9.86. The van der Waals surface area contributed by atoms with E-state index in [-0.39, 0.29) is 0 Å². The molecule has 1 heterocycles. The second-order valence-electron chi connectivity index (χ2n) is 4.49. The van der Waals surface area contributed by atoms with Crippen LogP contribution in [0.15, 0.2) is 36.4 Å². The van der Waals surface area contributed by atoms with Gasteiger partial charge in [-0.3, -0.25) is 0 Å². The summed E-state index contributed by atoms with van der Waals surface area (Å²) in [6.45, 7) is 2.84. The van der Waals surface area contributed by atoms with Gasteiger partial charge in [-0.2, -0.15) is 0 Å². The van der Waals surface area contributed by atoms with Gasteiger partial charge in [-0.15, -0.1) is 0 Å². The van der Waals surface area contributed by atoms with Crippen LogP contribution in [0.4, 0.5) is 5.69 Å². The number of aryl methyl sites for hydroxylation is 1. The molecule has 2 N–H and O–H groups in total. The van der Waals surface area contributed by atoms with Crippen LogP contribution < -0.4 is 10.5 Å². The average Bonchev–Trinajstić information content (AvgIpc) is 2.79. The predicted molar refractivity (Wildman–Crippen MR) is 70.2 cm³/mol. The first kappa shape index (κ1) is 10.2. The molecule has 0 atom stereocenters. The fraction of sp³-hybridized carbons (Fsp3) is 0.200. The van der Waals surface area contributed by atoms with Gasteiger partial charge in [-0.25, -0.2) is 0 Å². The molecule has 0 fully saturated rings. The molecule has 17 heavy (non-hydrogen) atoms. The van der Waals surface area contributed by atoms with E-state index in [2.05, 4.69) is 30.3 Å². The quantitative estimate of drug-likeness (QED) is 0.756. The fourth-order valence-electron chi connectivity index (χ4n) is 2.22. The largest absolute Gasteiger partial charge is 0.493 e. The van der Waals surface area contributed by atoms with Crippen LogP contribution in [0.5, 0.6) is 5.75 Å². The summed E-state index contributed by atoms with van der Waals surface area (Å²) >= 11 is 0. The summed E-state index contributed by atoms with van der Waals surface area (Å²) in [5.41, 5.74) is 11.6. The van der Waals surface area contributed by atoms with Gasteiger partial charge in [0, 0.05) is 12.1 Å². The standard InChI is InChI=1S/C15H15NO/c1-10-8-11(2-4-14(10)16)12-3-5-15-13(9-12)6-7-17-15/h2-5,8-9H,6-7,16H2,1H3. The van der Waals surface area contributed by atoms with Crippen molar-refractivity contribution in [2.75, 3.05) is 12.3 Å². The van der Waals surface area contributed by atoms with Crippen molar-refractivity contribution in [3.05, 3.63) is 47.5 Å². The first-order chi connectivity index (χ1) is 8.24. The van der Waals surface area contributed by atoms with Crippen LogP contribution in [0, 0.1) is 6.92 Å². The molecule has 86 valence electrons. The Balaban J connectivity index is 2.06. The Morgan fingerprint density at radius 2 is 1.82 bits per heavy atom. The minimum atomic E-state index is 0.805. The number of anilines is 1. The van der Waals surface area contributed by atoms with E-state index in [0.29, 0.717) is 0 Å². The van der Waals surface area contributed by atoms with E-state index in [4.69, 9.17) is 10.5 Å². The topological polar surface area (TPSA) is 35.2 Å². The molecule has 0 radical (unpaired) electrons. The molecular weight excluding hydrogens is 210 g/mol. The van der Waals surface area contributed by atoms with Gasteiger partial charge < -0.3 is 10.5 Å². The maximum Gasteiger partial charge on any atom is 0.122 e. The zero-order valence-corrected chi connectivity index (χ0v) is 9.86. The van der Waals surface area contributed by atoms with E-state index in [1.807, 2.05) is 13.0 Å². The van der Waals surface area contributed by atoms with Crippen LogP contribution in [0.3, 0.4) is 0 Å². The number of ether oxygens (including phenoxy) is 1. The average molecular weight is 225 g/mol. The molecule has 2 aromatic rings. The van der Waals surface area contributed by atoms with Gasteiger partial charge in [0.1, 0.15) is 5.75 Å². The maximum absolute atomic E-state index is 5.84. The Bertz CT molecular complexity index is 575. The van der Waals surface area contributed by atoms with Crippen molar-refractivity contribution in [1.29, 1.82) is 0 Å². The molecule has 0 unspecified atom stereocenters. The van der Waals surface area contributed by atoms with Crippen LogP contribution >= 0.6 is 0 Å². The number of nitrogen functional groups attached to an aromatic ring is 1. The van der Waals surface area contributed by atoms with Crippen molar-refractivity contribution in [1.82, 2.24) is 0 Å². The molecule has 0 aromatic heterocycles. The van der Waals surface area contributed by atoms with Crippen LogP contribution in [0.25, 0.3) is 11.1 Å². The van der Waals surface area contributed by atoms with Crippen molar-refractivity contribution in [3.8, 4) is 16.9 Å². The summed E-state index contributed by atoms with van der Waals surface area (Å²) in [6.07, 6.45) is 1.01. The second-order valence-corrected chi connectivity index (χ2v) is 4.49. The normalized spacial score (nSPS) is 13.2. The highest BCUT2D eigenvalue weighted by molar-refractivity contribution is 5.69. The molecule has 1 aliphatic rings. The Hall–Kier alpha value is -1.96. The molecule has 2 heteroatoms. The van der Waals surface area contributed by atoms with E-state index in [1.165, 1.54) is 16.7 Å². The van der Waals surface area contributed by atoms with E-state index in [9.17, 15) is 0 Å². The summed E-state index contributed by atoms with van der Waals surface area (Å²) in [6, 6.07) is 12.5. The lowest BCUT2D eigenvalue weighted by molar-refractivity contribution is 0.357. The predicted octanol–water partition coefficient (Wildman–Crippen LogP) is 3.18.